The first-order valence-corrected chi connectivity index (χ1v) is 9.21. The highest BCUT2D eigenvalue weighted by Crippen LogP contribution is 2.39. The maximum Gasteiger partial charge on any atom is 0.271 e. The Morgan fingerprint density at radius 2 is 1.96 bits per heavy atom. The Labute approximate surface area is 141 Å². The summed E-state index contributed by atoms with van der Waals surface area (Å²) in [5.41, 5.74) is 1.05. The predicted molar refractivity (Wildman–Crippen MR) is 89.0 cm³/mol. The van der Waals surface area contributed by atoms with Crippen LogP contribution in [0.3, 0.4) is 0 Å². The summed E-state index contributed by atoms with van der Waals surface area (Å²) >= 11 is 0. The smallest absolute Gasteiger partial charge is 0.271 e. The number of furan rings is 1. The number of benzene rings is 1. The first-order chi connectivity index (χ1) is 11.2. The summed E-state index contributed by atoms with van der Waals surface area (Å²) in [5, 5.41) is 4.63. The van der Waals surface area contributed by atoms with E-state index in [1.54, 1.807) is 4.90 Å². The molecule has 24 heavy (non-hydrogen) atoms. The molecule has 1 amide bonds. The van der Waals surface area contributed by atoms with Crippen molar-refractivity contribution >= 4 is 15.9 Å². The zero-order valence-corrected chi connectivity index (χ0v) is 14.4. The summed E-state index contributed by atoms with van der Waals surface area (Å²) in [5.74, 6) is -0.00755. The molecule has 7 heteroatoms. The van der Waals surface area contributed by atoms with Gasteiger partial charge in [-0.05, 0) is 25.8 Å². The molecule has 2 aromatic rings. The molecule has 0 saturated carbocycles. The molecule has 3 rings (SSSR count). The monoisotopic (exact) mass is 348 g/mol. The van der Waals surface area contributed by atoms with E-state index < -0.39 is 15.1 Å². The fourth-order valence-electron chi connectivity index (χ4n) is 3.29. The number of nitrogens with two attached hydrogens (primary N) is 1. The molecule has 0 aliphatic carbocycles. The highest BCUT2D eigenvalue weighted by molar-refractivity contribution is 7.89. The second kappa shape index (κ2) is 5.75. The Bertz CT molecular complexity index is 856. The second-order valence-electron chi connectivity index (χ2n) is 6.74. The van der Waals surface area contributed by atoms with Crippen molar-refractivity contribution in [1.29, 1.82) is 0 Å². The highest BCUT2D eigenvalue weighted by atomic mass is 32.2. The number of carbonyl (C=O) groups excluding carboxylic acids is 1. The zero-order valence-electron chi connectivity index (χ0n) is 13.6. The van der Waals surface area contributed by atoms with Crippen molar-refractivity contribution < 1.29 is 17.6 Å². The summed E-state index contributed by atoms with van der Waals surface area (Å²) in [7, 11) is -3.96. The summed E-state index contributed by atoms with van der Waals surface area (Å²) in [6.07, 6.45) is 1.98. The van der Waals surface area contributed by atoms with Gasteiger partial charge >= 0.3 is 0 Å². The van der Waals surface area contributed by atoms with Crippen LogP contribution in [0.15, 0.2) is 52.2 Å². The van der Waals surface area contributed by atoms with E-state index in [1.807, 2.05) is 32.0 Å². The number of hydrogen-bond donors (Lipinski definition) is 1. The lowest BCUT2D eigenvalue weighted by atomic mass is 9.91. The number of carbonyl (C=O) groups is 1. The molecule has 128 valence electrons. The fourth-order valence-corrected chi connectivity index (χ4v) is 3.76. The number of rotatable bonds is 3. The van der Waals surface area contributed by atoms with Gasteiger partial charge in [-0.2, -0.15) is 0 Å². The normalized spacial score (nSPS) is 20.3. The lowest BCUT2D eigenvalue weighted by Crippen LogP contribution is -2.42. The van der Waals surface area contributed by atoms with Crippen molar-refractivity contribution in [3.63, 3.8) is 0 Å². The molecule has 1 aliphatic rings. The molecule has 1 fully saturated rings. The van der Waals surface area contributed by atoms with E-state index in [0.717, 1.165) is 12.7 Å². The molecule has 1 saturated heterocycles. The quantitative estimate of drug-likeness (QED) is 0.921. The van der Waals surface area contributed by atoms with Crippen molar-refractivity contribution in [3.8, 4) is 0 Å². The van der Waals surface area contributed by atoms with Crippen molar-refractivity contribution in [2.45, 2.75) is 36.8 Å². The second-order valence-corrected chi connectivity index (χ2v) is 8.23. The van der Waals surface area contributed by atoms with E-state index in [-0.39, 0.29) is 22.9 Å². The maximum absolute atomic E-state index is 12.8. The Balaban J connectivity index is 1.86. The highest BCUT2D eigenvalue weighted by Gasteiger charge is 2.42. The Kier molecular flexibility index (Phi) is 4.01. The van der Waals surface area contributed by atoms with Crippen LogP contribution in [0, 0.1) is 0 Å². The molecule has 1 aliphatic heterocycles. The van der Waals surface area contributed by atoms with E-state index in [0.29, 0.717) is 6.54 Å². The van der Waals surface area contributed by atoms with Gasteiger partial charge in [-0.1, -0.05) is 30.3 Å². The topological polar surface area (TPSA) is 93.6 Å². The first-order valence-electron chi connectivity index (χ1n) is 7.67. The third-order valence-corrected chi connectivity index (χ3v) is 5.27. The zero-order chi connectivity index (χ0) is 17.5. The van der Waals surface area contributed by atoms with E-state index in [2.05, 4.69) is 12.1 Å². The van der Waals surface area contributed by atoms with Gasteiger partial charge in [-0.15, -0.1) is 0 Å². The van der Waals surface area contributed by atoms with Gasteiger partial charge in [0.25, 0.3) is 15.9 Å². The van der Waals surface area contributed by atoms with E-state index in [1.165, 1.54) is 11.6 Å². The van der Waals surface area contributed by atoms with Gasteiger partial charge in [-0.3, -0.25) is 4.79 Å². The Morgan fingerprint density at radius 3 is 2.54 bits per heavy atom. The lowest BCUT2D eigenvalue weighted by Gasteiger charge is -2.31. The van der Waals surface area contributed by atoms with Gasteiger partial charge in [0.15, 0.2) is 0 Å². The first kappa shape index (κ1) is 16.7. The van der Waals surface area contributed by atoms with Gasteiger partial charge in [0, 0.05) is 24.1 Å². The number of primary sulfonamides is 1. The number of amides is 1. The van der Waals surface area contributed by atoms with Crippen molar-refractivity contribution in [2.24, 2.45) is 5.14 Å². The van der Waals surface area contributed by atoms with Crippen LogP contribution in [0.25, 0.3) is 0 Å². The summed E-state index contributed by atoms with van der Waals surface area (Å²) in [6.45, 7) is 4.59. The van der Waals surface area contributed by atoms with Crippen LogP contribution < -0.4 is 5.14 Å². The van der Waals surface area contributed by atoms with Gasteiger partial charge in [0.2, 0.25) is 5.09 Å². The number of likely N-dealkylation sites (tertiary alicyclic amines) is 1. The van der Waals surface area contributed by atoms with Crippen molar-refractivity contribution in [1.82, 2.24) is 4.90 Å². The number of hydrogen-bond acceptors (Lipinski definition) is 4. The van der Waals surface area contributed by atoms with Gasteiger partial charge in [0.1, 0.15) is 6.26 Å². The minimum atomic E-state index is -3.96. The summed E-state index contributed by atoms with van der Waals surface area (Å²) in [4.78, 5) is 14.6. The van der Waals surface area contributed by atoms with E-state index in [9.17, 15) is 13.2 Å². The summed E-state index contributed by atoms with van der Waals surface area (Å²) in [6, 6.07) is 11.2. The standard InChI is InChI=1S/C17H20N2O4S/c1-17(2)9-14(12-6-4-3-5-7-12)10-19(17)16(20)13-8-15(23-11-13)24(18,21)22/h3-8,11,14H,9-10H2,1-2H3,(H2,18,21,22). The molecule has 2 N–H and O–H groups in total. The van der Waals surface area contributed by atoms with Gasteiger partial charge in [0.05, 0.1) is 5.56 Å². The fraction of sp³-hybridized carbons (Fsp3) is 0.353. The molecule has 2 heterocycles. The lowest BCUT2D eigenvalue weighted by molar-refractivity contribution is 0.0650. The van der Waals surface area contributed by atoms with Crippen LogP contribution in [0.4, 0.5) is 0 Å². The third-order valence-electron chi connectivity index (χ3n) is 4.50. The average molecular weight is 348 g/mol. The predicted octanol–water partition coefficient (Wildman–Crippen LogP) is 2.34. The largest absolute Gasteiger partial charge is 0.451 e. The molecule has 1 aromatic carbocycles. The molecule has 0 spiro atoms. The minimum absolute atomic E-state index is 0.195. The van der Waals surface area contributed by atoms with E-state index in [4.69, 9.17) is 9.56 Å². The van der Waals surface area contributed by atoms with Gasteiger partial charge < -0.3 is 9.32 Å². The number of sulfonamides is 1. The molecular weight excluding hydrogens is 328 g/mol. The number of nitrogens with zero attached hydrogens (tertiary/aromatic N) is 1. The van der Waals surface area contributed by atoms with Crippen LogP contribution in [-0.2, 0) is 10.0 Å². The molecule has 6 nitrogen and oxygen atoms in total. The Hall–Kier alpha value is -2.12. The van der Waals surface area contributed by atoms with Crippen LogP contribution in [0.2, 0.25) is 0 Å². The SMILES string of the molecule is CC1(C)CC(c2ccccc2)CN1C(=O)c1coc(S(N)(=O)=O)c1. The van der Waals surface area contributed by atoms with Crippen molar-refractivity contribution in [3.05, 3.63) is 53.8 Å². The molecule has 1 atom stereocenters. The molecule has 1 unspecified atom stereocenters. The Morgan fingerprint density at radius 1 is 1.29 bits per heavy atom. The molecular formula is C17H20N2O4S. The minimum Gasteiger partial charge on any atom is -0.451 e. The maximum atomic E-state index is 12.8. The van der Waals surface area contributed by atoms with Gasteiger partial charge in [-0.25, -0.2) is 13.6 Å². The van der Waals surface area contributed by atoms with Crippen LogP contribution in [-0.4, -0.2) is 31.3 Å². The molecule has 0 radical (unpaired) electrons. The average Bonchev–Trinajstić information content (AvgIpc) is 3.11. The summed E-state index contributed by atoms with van der Waals surface area (Å²) < 4.78 is 27.6. The molecule has 0 bridgehead atoms. The molecule has 1 aromatic heterocycles. The van der Waals surface area contributed by atoms with Crippen LogP contribution in [0.1, 0.15) is 42.1 Å². The van der Waals surface area contributed by atoms with Crippen LogP contribution >= 0.6 is 0 Å². The third kappa shape index (κ3) is 3.09. The van der Waals surface area contributed by atoms with Crippen LogP contribution in [0.5, 0.6) is 0 Å². The van der Waals surface area contributed by atoms with Crippen molar-refractivity contribution in [2.75, 3.05) is 6.54 Å². The van der Waals surface area contributed by atoms with E-state index >= 15 is 0 Å².